The maximum absolute atomic E-state index is 11.2. The van der Waals surface area contributed by atoms with Gasteiger partial charge in [-0.05, 0) is 19.9 Å². The Morgan fingerprint density at radius 1 is 1.27 bits per heavy atom. The number of rotatable bonds is 7. The first kappa shape index (κ1) is 15.4. The first-order valence-electron chi connectivity index (χ1n) is 6.62. The highest BCUT2D eigenvalue weighted by atomic mass is 16.6. The third kappa shape index (κ3) is 3.57. The molecule has 1 heterocycles. The van der Waals surface area contributed by atoms with Crippen LogP contribution >= 0.6 is 0 Å². The molecule has 22 heavy (non-hydrogen) atoms. The van der Waals surface area contributed by atoms with Gasteiger partial charge in [0, 0.05) is 11.6 Å². The summed E-state index contributed by atoms with van der Waals surface area (Å²) in [6.07, 6.45) is 4.26. The zero-order valence-electron chi connectivity index (χ0n) is 12.2. The van der Waals surface area contributed by atoms with Crippen molar-refractivity contribution in [3.8, 4) is 11.5 Å². The van der Waals surface area contributed by atoms with Gasteiger partial charge in [-0.25, -0.2) is 4.68 Å². The van der Waals surface area contributed by atoms with E-state index >= 15 is 0 Å². The standard InChI is InChI=1S/C13H15N5O4/c1-3-21-12-6-10(7-16-17-8-14-15-9-17)5-11(18(19)20)13(12)22-4-2/h5-9H,3-4H2,1-2H3/b16-7+. The molecule has 2 aromatic rings. The molecule has 116 valence electrons. The summed E-state index contributed by atoms with van der Waals surface area (Å²) in [5, 5.41) is 22.5. The molecule has 9 nitrogen and oxygen atoms in total. The average Bonchev–Trinajstić information content (AvgIpc) is 3.00. The Bertz CT molecular complexity index is 669. The minimum atomic E-state index is -0.510. The van der Waals surface area contributed by atoms with Crippen LogP contribution in [0.4, 0.5) is 5.69 Å². The van der Waals surface area contributed by atoms with Crippen molar-refractivity contribution in [2.45, 2.75) is 13.8 Å². The molecule has 0 saturated carbocycles. The molecule has 1 aromatic heterocycles. The van der Waals surface area contributed by atoms with Crippen molar-refractivity contribution in [3.63, 3.8) is 0 Å². The van der Waals surface area contributed by atoms with E-state index in [0.29, 0.717) is 24.5 Å². The summed E-state index contributed by atoms with van der Waals surface area (Å²) >= 11 is 0. The number of aromatic nitrogens is 3. The van der Waals surface area contributed by atoms with Crippen LogP contribution in [0.2, 0.25) is 0 Å². The molecular weight excluding hydrogens is 290 g/mol. The van der Waals surface area contributed by atoms with E-state index in [0.717, 1.165) is 0 Å². The predicted octanol–water partition coefficient (Wildman–Crippen LogP) is 1.87. The van der Waals surface area contributed by atoms with Gasteiger partial charge in [-0.3, -0.25) is 10.1 Å². The quantitative estimate of drug-likeness (QED) is 0.439. The number of nitro benzene ring substituents is 1. The van der Waals surface area contributed by atoms with Crippen molar-refractivity contribution in [3.05, 3.63) is 40.5 Å². The maximum Gasteiger partial charge on any atom is 0.315 e. The highest BCUT2D eigenvalue weighted by molar-refractivity contribution is 5.83. The van der Waals surface area contributed by atoms with Gasteiger partial charge < -0.3 is 9.47 Å². The van der Waals surface area contributed by atoms with Crippen molar-refractivity contribution < 1.29 is 14.4 Å². The van der Waals surface area contributed by atoms with Crippen molar-refractivity contribution >= 4 is 11.9 Å². The summed E-state index contributed by atoms with van der Waals surface area (Å²) in [7, 11) is 0. The number of hydrogen-bond donors (Lipinski definition) is 0. The monoisotopic (exact) mass is 305 g/mol. The number of ether oxygens (including phenoxy) is 2. The fourth-order valence-corrected chi connectivity index (χ4v) is 1.76. The number of benzene rings is 1. The van der Waals surface area contributed by atoms with E-state index in [9.17, 15) is 10.1 Å². The molecule has 0 radical (unpaired) electrons. The molecule has 0 amide bonds. The van der Waals surface area contributed by atoms with E-state index < -0.39 is 4.92 Å². The molecule has 9 heteroatoms. The fourth-order valence-electron chi connectivity index (χ4n) is 1.76. The van der Waals surface area contributed by atoms with Crippen LogP contribution < -0.4 is 9.47 Å². The molecule has 1 aromatic carbocycles. The van der Waals surface area contributed by atoms with Gasteiger partial charge in [0.05, 0.1) is 24.4 Å². The van der Waals surface area contributed by atoms with Crippen molar-refractivity contribution in [1.29, 1.82) is 0 Å². The largest absolute Gasteiger partial charge is 0.490 e. The molecule has 0 fully saturated rings. The number of hydrogen-bond acceptors (Lipinski definition) is 7. The Labute approximate surface area is 126 Å². The molecule has 0 saturated heterocycles. The second-order valence-electron chi connectivity index (χ2n) is 4.08. The van der Waals surface area contributed by atoms with Gasteiger partial charge in [0.1, 0.15) is 12.7 Å². The van der Waals surface area contributed by atoms with Gasteiger partial charge >= 0.3 is 5.69 Å². The Balaban J connectivity index is 2.44. The van der Waals surface area contributed by atoms with E-state index in [4.69, 9.17) is 9.47 Å². The van der Waals surface area contributed by atoms with Crippen LogP contribution in [0.15, 0.2) is 29.9 Å². The second kappa shape index (κ2) is 7.16. The normalized spacial score (nSPS) is 10.8. The van der Waals surface area contributed by atoms with Crippen LogP contribution in [0.1, 0.15) is 19.4 Å². The van der Waals surface area contributed by atoms with Crippen molar-refractivity contribution in [1.82, 2.24) is 14.9 Å². The van der Waals surface area contributed by atoms with E-state index in [1.165, 1.54) is 29.6 Å². The Morgan fingerprint density at radius 3 is 2.55 bits per heavy atom. The van der Waals surface area contributed by atoms with Gasteiger partial charge in [-0.1, -0.05) is 0 Å². The molecule has 0 N–H and O–H groups in total. The highest BCUT2D eigenvalue weighted by Crippen LogP contribution is 2.38. The first-order chi connectivity index (χ1) is 10.7. The van der Waals surface area contributed by atoms with Gasteiger partial charge in [0.25, 0.3) is 0 Å². The summed E-state index contributed by atoms with van der Waals surface area (Å²) in [5.41, 5.74) is 0.338. The molecule has 0 atom stereocenters. The average molecular weight is 305 g/mol. The fraction of sp³-hybridized carbons (Fsp3) is 0.308. The van der Waals surface area contributed by atoms with Crippen molar-refractivity contribution in [2.75, 3.05) is 13.2 Å². The van der Waals surface area contributed by atoms with E-state index in [1.807, 2.05) is 0 Å². The van der Waals surface area contributed by atoms with Crippen LogP contribution in [-0.2, 0) is 0 Å². The molecule has 0 unspecified atom stereocenters. The first-order valence-corrected chi connectivity index (χ1v) is 6.62. The van der Waals surface area contributed by atoms with Crippen LogP contribution in [0.3, 0.4) is 0 Å². The number of nitro groups is 1. The second-order valence-corrected chi connectivity index (χ2v) is 4.08. The smallest absolute Gasteiger partial charge is 0.315 e. The summed E-state index contributed by atoms with van der Waals surface area (Å²) in [4.78, 5) is 10.7. The lowest BCUT2D eigenvalue weighted by atomic mass is 10.2. The molecule has 2 rings (SSSR count). The van der Waals surface area contributed by atoms with Gasteiger partial charge in [-0.2, -0.15) is 5.10 Å². The minimum absolute atomic E-state index is 0.121. The highest BCUT2D eigenvalue weighted by Gasteiger charge is 2.22. The summed E-state index contributed by atoms with van der Waals surface area (Å²) in [6, 6.07) is 3.01. The molecule has 0 spiro atoms. The lowest BCUT2D eigenvalue weighted by molar-refractivity contribution is -0.385. The van der Waals surface area contributed by atoms with Crippen LogP contribution in [0.5, 0.6) is 11.5 Å². The van der Waals surface area contributed by atoms with Gasteiger partial charge in [-0.15, -0.1) is 10.2 Å². The lowest BCUT2D eigenvalue weighted by Crippen LogP contribution is -2.03. The summed E-state index contributed by atoms with van der Waals surface area (Å²) < 4.78 is 12.2. The summed E-state index contributed by atoms with van der Waals surface area (Å²) in [6.45, 7) is 4.21. The number of nitrogens with zero attached hydrogens (tertiary/aromatic N) is 5. The summed E-state index contributed by atoms with van der Waals surface area (Å²) in [5.74, 6) is 0.430. The molecule has 0 aliphatic carbocycles. The Hall–Kier alpha value is -2.97. The van der Waals surface area contributed by atoms with E-state index in [-0.39, 0.29) is 11.4 Å². The molecule has 0 aliphatic heterocycles. The van der Waals surface area contributed by atoms with E-state index in [2.05, 4.69) is 15.3 Å². The maximum atomic E-state index is 11.2. The van der Waals surface area contributed by atoms with Crippen LogP contribution in [0, 0.1) is 10.1 Å². The van der Waals surface area contributed by atoms with Gasteiger partial charge in [0.15, 0.2) is 5.75 Å². The molecule has 0 aliphatic rings. The third-order valence-electron chi connectivity index (χ3n) is 2.59. The van der Waals surface area contributed by atoms with Crippen molar-refractivity contribution in [2.24, 2.45) is 5.10 Å². The zero-order chi connectivity index (χ0) is 15.9. The predicted molar refractivity (Wildman–Crippen MR) is 78.4 cm³/mol. The molecule has 0 bridgehead atoms. The Kier molecular flexibility index (Phi) is 5.02. The van der Waals surface area contributed by atoms with Crippen LogP contribution in [-0.4, -0.2) is 39.2 Å². The SMILES string of the molecule is CCOc1cc(/C=N/n2cnnc2)cc([N+](=O)[O-])c1OCC. The zero-order valence-corrected chi connectivity index (χ0v) is 12.2. The minimum Gasteiger partial charge on any atom is -0.490 e. The van der Waals surface area contributed by atoms with Crippen LogP contribution in [0.25, 0.3) is 0 Å². The van der Waals surface area contributed by atoms with Gasteiger partial charge in [0.2, 0.25) is 5.75 Å². The molecular formula is C13H15N5O4. The third-order valence-corrected chi connectivity index (χ3v) is 2.59. The Morgan fingerprint density at radius 2 is 1.95 bits per heavy atom. The van der Waals surface area contributed by atoms with E-state index in [1.54, 1.807) is 19.9 Å². The topological polar surface area (TPSA) is 105 Å². The lowest BCUT2D eigenvalue weighted by Gasteiger charge is -2.11.